The van der Waals surface area contributed by atoms with Crippen molar-refractivity contribution >= 4 is 6.29 Å². The SMILES string of the molecule is COC(C)CC1(C=O)CCCCO1. The molecular formula is C10H18O3. The summed E-state index contributed by atoms with van der Waals surface area (Å²) in [6.07, 6.45) is 4.69. The van der Waals surface area contributed by atoms with Crippen molar-refractivity contribution in [1.29, 1.82) is 0 Å². The lowest BCUT2D eigenvalue weighted by Crippen LogP contribution is -2.41. The largest absolute Gasteiger partial charge is 0.382 e. The Morgan fingerprint density at radius 1 is 1.62 bits per heavy atom. The normalized spacial score (nSPS) is 31.2. The highest BCUT2D eigenvalue weighted by molar-refractivity contribution is 5.62. The van der Waals surface area contributed by atoms with E-state index in [1.807, 2.05) is 6.92 Å². The van der Waals surface area contributed by atoms with Crippen LogP contribution in [0.1, 0.15) is 32.6 Å². The molecule has 1 aliphatic rings. The lowest BCUT2D eigenvalue weighted by atomic mass is 9.90. The minimum atomic E-state index is -0.562. The zero-order valence-corrected chi connectivity index (χ0v) is 8.41. The van der Waals surface area contributed by atoms with Crippen LogP contribution in [0.2, 0.25) is 0 Å². The maximum atomic E-state index is 11.0. The highest BCUT2D eigenvalue weighted by Crippen LogP contribution is 2.28. The van der Waals surface area contributed by atoms with Gasteiger partial charge in [0.05, 0.1) is 6.10 Å². The molecule has 3 heteroatoms. The topological polar surface area (TPSA) is 35.5 Å². The van der Waals surface area contributed by atoms with Crippen LogP contribution in [0.5, 0.6) is 0 Å². The molecule has 1 rings (SSSR count). The third-order valence-electron chi connectivity index (χ3n) is 2.63. The van der Waals surface area contributed by atoms with E-state index in [2.05, 4.69) is 0 Å². The fourth-order valence-corrected chi connectivity index (χ4v) is 1.75. The Morgan fingerprint density at radius 3 is 2.85 bits per heavy atom. The van der Waals surface area contributed by atoms with Gasteiger partial charge in [0.15, 0.2) is 6.29 Å². The number of aldehydes is 1. The van der Waals surface area contributed by atoms with E-state index in [-0.39, 0.29) is 6.10 Å². The van der Waals surface area contributed by atoms with Gasteiger partial charge in [-0.1, -0.05) is 0 Å². The van der Waals surface area contributed by atoms with Crippen molar-refractivity contribution in [2.75, 3.05) is 13.7 Å². The lowest BCUT2D eigenvalue weighted by molar-refractivity contribution is -0.143. The van der Waals surface area contributed by atoms with Crippen molar-refractivity contribution in [2.45, 2.75) is 44.3 Å². The first kappa shape index (κ1) is 10.7. The summed E-state index contributed by atoms with van der Waals surface area (Å²) < 4.78 is 10.7. The maximum absolute atomic E-state index is 11.0. The standard InChI is InChI=1S/C10H18O3/c1-9(12-2)7-10(8-11)5-3-4-6-13-10/h8-9H,3-7H2,1-2H3. The zero-order valence-electron chi connectivity index (χ0n) is 8.41. The van der Waals surface area contributed by atoms with E-state index < -0.39 is 5.60 Å². The molecule has 0 aromatic heterocycles. The summed E-state index contributed by atoms with van der Waals surface area (Å²) in [5, 5.41) is 0. The quantitative estimate of drug-likeness (QED) is 0.625. The number of carbonyl (C=O) groups excluding carboxylic acids is 1. The summed E-state index contributed by atoms with van der Waals surface area (Å²) >= 11 is 0. The molecule has 1 fully saturated rings. The molecule has 0 radical (unpaired) electrons. The number of methoxy groups -OCH3 is 1. The number of ether oxygens (including phenoxy) is 2. The van der Waals surface area contributed by atoms with Gasteiger partial charge in [0, 0.05) is 20.1 Å². The van der Waals surface area contributed by atoms with Crippen molar-refractivity contribution in [2.24, 2.45) is 0 Å². The van der Waals surface area contributed by atoms with Gasteiger partial charge in [-0.05, 0) is 26.2 Å². The van der Waals surface area contributed by atoms with Crippen LogP contribution < -0.4 is 0 Å². The molecule has 1 saturated heterocycles. The van der Waals surface area contributed by atoms with Crippen molar-refractivity contribution < 1.29 is 14.3 Å². The molecular weight excluding hydrogens is 168 g/mol. The summed E-state index contributed by atoms with van der Waals surface area (Å²) in [7, 11) is 1.66. The van der Waals surface area contributed by atoms with E-state index in [1.165, 1.54) is 0 Å². The molecule has 76 valence electrons. The summed E-state index contributed by atoms with van der Waals surface area (Å²) in [6, 6.07) is 0. The van der Waals surface area contributed by atoms with Crippen molar-refractivity contribution in [3.63, 3.8) is 0 Å². The Labute approximate surface area is 79.4 Å². The van der Waals surface area contributed by atoms with Gasteiger partial charge in [0.2, 0.25) is 0 Å². The van der Waals surface area contributed by atoms with Crippen LogP contribution in [0.3, 0.4) is 0 Å². The van der Waals surface area contributed by atoms with Crippen LogP contribution in [-0.2, 0) is 14.3 Å². The Kier molecular flexibility index (Phi) is 3.88. The molecule has 0 aliphatic carbocycles. The lowest BCUT2D eigenvalue weighted by Gasteiger charge is -2.33. The third-order valence-corrected chi connectivity index (χ3v) is 2.63. The summed E-state index contributed by atoms with van der Waals surface area (Å²) in [5.74, 6) is 0. The van der Waals surface area contributed by atoms with Gasteiger partial charge in [-0.25, -0.2) is 0 Å². The van der Waals surface area contributed by atoms with Crippen LogP contribution in [0.25, 0.3) is 0 Å². The van der Waals surface area contributed by atoms with E-state index in [0.29, 0.717) is 13.0 Å². The van der Waals surface area contributed by atoms with Gasteiger partial charge in [0.1, 0.15) is 5.60 Å². The predicted octanol–water partition coefficient (Wildman–Crippen LogP) is 1.55. The molecule has 0 amide bonds. The van der Waals surface area contributed by atoms with Crippen LogP contribution in [0, 0.1) is 0 Å². The molecule has 2 unspecified atom stereocenters. The van der Waals surface area contributed by atoms with E-state index in [4.69, 9.17) is 9.47 Å². The second-order valence-corrected chi connectivity index (χ2v) is 3.74. The molecule has 0 N–H and O–H groups in total. The van der Waals surface area contributed by atoms with Crippen LogP contribution >= 0.6 is 0 Å². The Bertz CT molecular complexity index is 162. The molecule has 0 aromatic carbocycles. The summed E-state index contributed by atoms with van der Waals surface area (Å²) in [4.78, 5) is 11.0. The number of hydrogen-bond donors (Lipinski definition) is 0. The molecule has 1 aliphatic heterocycles. The molecule has 0 bridgehead atoms. The number of carbonyl (C=O) groups is 1. The molecule has 13 heavy (non-hydrogen) atoms. The molecule has 0 aromatic rings. The summed E-state index contributed by atoms with van der Waals surface area (Å²) in [5.41, 5.74) is -0.562. The first-order valence-electron chi connectivity index (χ1n) is 4.85. The Hall–Kier alpha value is -0.410. The van der Waals surface area contributed by atoms with Crippen LogP contribution in [-0.4, -0.2) is 31.7 Å². The van der Waals surface area contributed by atoms with Crippen molar-refractivity contribution in [3.05, 3.63) is 0 Å². The maximum Gasteiger partial charge on any atom is 0.151 e. The second-order valence-electron chi connectivity index (χ2n) is 3.74. The minimum Gasteiger partial charge on any atom is -0.382 e. The van der Waals surface area contributed by atoms with E-state index >= 15 is 0 Å². The Morgan fingerprint density at radius 2 is 2.38 bits per heavy atom. The van der Waals surface area contributed by atoms with E-state index in [9.17, 15) is 4.79 Å². The fourth-order valence-electron chi connectivity index (χ4n) is 1.75. The van der Waals surface area contributed by atoms with Gasteiger partial charge < -0.3 is 14.3 Å². The van der Waals surface area contributed by atoms with Crippen molar-refractivity contribution in [1.82, 2.24) is 0 Å². The molecule has 0 spiro atoms. The molecule has 3 nitrogen and oxygen atoms in total. The number of rotatable bonds is 4. The number of hydrogen-bond acceptors (Lipinski definition) is 3. The Balaban J connectivity index is 2.52. The monoisotopic (exact) mass is 186 g/mol. The molecule has 0 saturated carbocycles. The van der Waals surface area contributed by atoms with Gasteiger partial charge in [-0.2, -0.15) is 0 Å². The highest BCUT2D eigenvalue weighted by Gasteiger charge is 2.34. The van der Waals surface area contributed by atoms with Gasteiger partial charge in [-0.15, -0.1) is 0 Å². The first-order chi connectivity index (χ1) is 6.22. The molecule has 2 atom stereocenters. The van der Waals surface area contributed by atoms with E-state index in [0.717, 1.165) is 25.5 Å². The predicted molar refractivity (Wildman–Crippen MR) is 49.7 cm³/mol. The summed E-state index contributed by atoms with van der Waals surface area (Å²) in [6.45, 7) is 2.67. The first-order valence-corrected chi connectivity index (χ1v) is 4.85. The fraction of sp³-hybridized carbons (Fsp3) is 0.900. The highest BCUT2D eigenvalue weighted by atomic mass is 16.5. The van der Waals surface area contributed by atoms with E-state index in [1.54, 1.807) is 7.11 Å². The third kappa shape index (κ3) is 2.78. The average molecular weight is 186 g/mol. The minimum absolute atomic E-state index is 0.0864. The second kappa shape index (κ2) is 4.72. The average Bonchev–Trinajstić information content (AvgIpc) is 2.19. The van der Waals surface area contributed by atoms with Gasteiger partial charge in [-0.3, -0.25) is 0 Å². The van der Waals surface area contributed by atoms with Crippen molar-refractivity contribution in [3.8, 4) is 0 Å². The molecule has 1 heterocycles. The smallest absolute Gasteiger partial charge is 0.151 e. The van der Waals surface area contributed by atoms with Gasteiger partial charge in [0.25, 0.3) is 0 Å². The van der Waals surface area contributed by atoms with Crippen LogP contribution in [0.15, 0.2) is 0 Å². The van der Waals surface area contributed by atoms with Gasteiger partial charge >= 0.3 is 0 Å². The zero-order chi connectivity index (χ0) is 9.73. The van der Waals surface area contributed by atoms with Crippen LogP contribution in [0.4, 0.5) is 0 Å².